The Morgan fingerprint density at radius 3 is 2.51 bits per heavy atom. The van der Waals surface area contributed by atoms with Gasteiger partial charge >= 0.3 is 0 Å². The molecule has 0 aliphatic heterocycles. The number of nitrogens with two attached hydrogens (primary N) is 2. The highest BCUT2D eigenvalue weighted by Crippen LogP contribution is 2.35. The molecule has 3 heterocycles. The molecule has 7 N–H and O–H groups in total. The van der Waals surface area contributed by atoms with Crippen molar-refractivity contribution >= 4 is 79.7 Å². The normalized spacial score (nSPS) is 10.9. The standard InChI is InChI=1S/C41H46ClN9O2S2.C2H6/c1-4-20-54-41-48-39(38(43)40(49-41)51(44)25-27-6-11-31(42)12-7-27)47-17-19-53-18-16-46-37(52)15-9-29-22-36(55-26-29)30-10-13-32-33-21-28(24-45-3)8-14-34(33)50(5-2)35(32)23-30;1-2/h6-8,10-14,21-23,26,45H,4-5,16-20,24-25,43-44H2,1-3H3,(H,46,52)(H,47,48,49);1-2H3. The summed E-state index contributed by atoms with van der Waals surface area (Å²) in [6.07, 6.45) is 0.973. The van der Waals surface area contributed by atoms with Crippen LogP contribution < -0.4 is 32.5 Å². The summed E-state index contributed by atoms with van der Waals surface area (Å²) in [5.74, 6) is 13.6. The van der Waals surface area contributed by atoms with Gasteiger partial charge in [-0.1, -0.05) is 80.4 Å². The molecule has 1 amide bonds. The van der Waals surface area contributed by atoms with Gasteiger partial charge in [0.2, 0.25) is 0 Å². The van der Waals surface area contributed by atoms with E-state index in [4.69, 9.17) is 27.9 Å². The Morgan fingerprint density at radius 1 is 0.982 bits per heavy atom. The number of aryl methyl sites for hydroxylation is 1. The highest BCUT2D eigenvalue weighted by molar-refractivity contribution is 7.99. The summed E-state index contributed by atoms with van der Waals surface area (Å²) in [5.41, 5.74) is 13.4. The second kappa shape index (κ2) is 21.6. The average Bonchev–Trinajstić information content (AvgIpc) is 3.83. The van der Waals surface area contributed by atoms with Gasteiger partial charge in [-0.2, -0.15) is 0 Å². The van der Waals surface area contributed by atoms with E-state index in [1.165, 1.54) is 32.4 Å². The average molecular weight is 827 g/mol. The molecule has 11 nitrogen and oxygen atoms in total. The van der Waals surface area contributed by atoms with Crippen LogP contribution in [-0.4, -0.2) is 59.5 Å². The molecule has 3 aromatic carbocycles. The molecule has 14 heteroatoms. The maximum absolute atomic E-state index is 12.5. The molecular weight excluding hydrogens is 774 g/mol. The van der Waals surface area contributed by atoms with Crippen LogP contribution in [0.4, 0.5) is 17.3 Å². The van der Waals surface area contributed by atoms with Crippen LogP contribution in [0.2, 0.25) is 5.02 Å². The zero-order valence-corrected chi connectivity index (χ0v) is 35.6. The highest BCUT2D eigenvalue weighted by Gasteiger charge is 2.17. The fraction of sp³-hybridized carbons (Fsp3) is 0.326. The number of carbonyl (C=O) groups is 1. The number of benzene rings is 3. The number of nitrogens with zero attached hydrogens (tertiary/aromatic N) is 4. The Morgan fingerprint density at radius 2 is 1.75 bits per heavy atom. The maximum atomic E-state index is 12.5. The molecule has 0 saturated heterocycles. The third-order valence-electron chi connectivity index (χ3n) is 8.78. The summed E-state index contributed by atoms with van der Waals surface area (Å²) in [7, 11) is 1.97. The largest absolute Gasteiger partial charge is 0.393 e. The first kappa shape index (κ1) is 43.3. The number of halogens is 1. The number of hydrazine groups is 1. The molecule has 3 aromatic heterocycles. The summed E-state index contributed by atoms with van der Waals surface area (Å²) in [6, 6.07) is 22.8. The lowest BCUT2D eigenvalue weighted by molar-refractivity contribution is -0.115. The second-order valence-electron chi connectivity index (χ2n) is 12.8. The van der Waals surface area contributed by atoms with Crippen LogP contribution in [0.1, 0.15) is 50.8 Å². The molecule has 300 valence electrons. The number of aromatic nitrogens is 3. The maximum Gasteiger partial charge on any atom is 0.296 e. The molecule has 0 aliphatic carbocycles. The predicted molar refractivity (Wildman–Crippen MR) is 241 cm³/mol. The summed E-state index contributed by atoms with van der Waals surface area (Å²) >= 11 is 9.20. The minimum Gasteiger partial charge on any atom is -0.393 e. The van der Waals surface area contributed by atoms with Gasteiger partial charge in [-0.05, 0) is 73.5 Å². The van der Waals surface area contributed by atoms with Crippen LogP contribution in [0.5, 0.6) is 0 Å². The summed E-state index contributed by atoms with van der Waals surface area (Å²) < 4.78 is 8.11. The van der Waals surface area contributed by atoms with Gasteiger partial charge in [0, 0.05) is 80.5 Å². The van der Waals surface area contributed by atoms with E-state index in [-0.39, 0.29) is 5.91 Å². The molecular formula is C43H52ClN9O2S2. The van der Waals surface area contributed by atoms with Gasteiger partial charge in [0.15, 0.2) is 16.8 Å². The minimum atomic E-state index is -0.357. The predicted octanol–water partition coefficient (Wildman–Crippen LogP) is 8.29. The van der Waals surface area contributed by atoms with Crippen molar-refractivity contribution < 1.29 is 9.53 Å². The molecule has 0 saturated carbocycles. The lowest BCUT2D eigenvalue weighted by atomic mass is 10.1. The van der Waals surface area contributed by atoms with Crippen molar-refractivity contribution in [1.82, 2.24) is 25.2 Å². The monoisotopic (exact) mass is 825 g/mol. The fourth-order valence-corrected chi connectivity index (χ4v) is 7.83. The van der Waals surface area contributed by atoms with E-state index in [1.54, 1.807) is 23.1 Å². The van der Waals surface area contributed by atoms with Crippen molar-refractivity contribution in [3.8, 4) is 22.3 Å². The first-order valence-electron chi connectivity index (χ1n) is 19.2. The van der Waals surface area contributed by atoms with E-state index in [1.807, 2.05) is 56.6 Å². The SMILES string of the molecule is CC.CCCSc1nc(NCCOCCNC(=O)C#Cc2csc(-c3ccc4c5cc(CNC)ccc5n(CC)c4c3)c2)c(N)c(N(N)Cc2ccc(Cl)cc2)n1. The van der Waals surface area contributed by atoms with Crippen LogP contribution in [0.15, 0.2) is 77.3 Å². The van der Waals surface area contributed by atoms with Crippen molar-refractivity contribution in [2.45, 2.75) is 58.9 Å². The second-order valence-corrected chi connectivity index (χ2v) is 15.2. The number of amides is 1. The van der Waals surface area contributed by atoms with E-state index in [9.17, 15) is 4.79 Å². The minimum absolute atomic E-state index is 0.325. The van der Waals surface area contributed by atoms with Crippen molar-refractivity contribution in [3.63, 3.8) is 0 Å². The van der Waals surface area contributed by atoms with Crippen molar-refractivity contribution in [2.24, 2.45) is 5.84 Å². The van der Waals surface area contributed by atoms with Crippen molar-refractivity contribution in [3.05, 3.63) is 93.8 Å². The van der Waals surface area contributed by atoms with Gasteiger partial charge in [0.1, 0.15) is 5.69 Å². The number of ether oxygens (including phenoxy) is 1. The van der Waals surface area contributed by atoms with Crippen LogP contribution in [0, 0.1) is 11.8 Å². The molecule has 0 bridgehead atoms. The number of rotatable bonds is 17. The molecule has 57 heavy (non-hydrogen) atoms. The van der Waals surface area contributed by atoms with Gasteiger partial charge in [0.25, 0.3) is 5.91 Å². The number of hydrogen-bond acceptors (Lipinski definition) is 11. The number of nitrogens with one attached hydrogen (secondary N) is 3. The smallest absolute Gasteiger partial charge is 0.296 e. The molecule has 0 fully saturated rings. The first-order valence-corrected chi connectivity index (χ1v) is 21.5. The number of anilines is 3. The Bertz CT molecular complexity index is 2320. The van der Waals surface area contributed by atoms with Crippen LogP contribution in [0.25, 0.3) is 32.2 Å². The van der Waals surface area contributed by atoms with Crippen LogP contribution >= 0.6 is 34.7 Å². The van der Waals surface area contributed by atoms with E-state index < -0.39 is 0 Å². The molecule has 0 atom stereocenters. The molecule has 0 unspecified atom stereocenters. The van der Waals surface area contributed by atoms with Gasteiger partial charge < -0.3 is 31.0 Å². The zero-order chi connectivity index (χ0) is 40.7. The molecule has 0 aliphatic rings. The fourth-order valence-electron chi connectivity index (χ4n) is 6.17. The van der Waals surface area contributed by atoms with E-state index in [0.717, 1.165) is 46.8 Å². The Labute approximate surface area is 348 Å². The van der Waals surface area contributed by atoms with Gasteiger partial charge in [0.05, 0.1) is 19.8 Å². The van der Waals surface area contributed by atoms with Crippen molar-refractivity contribution in [2.75, 3.05) is 55.2 Å². The van der Waals surface area contributed by atoms with Crippen molar-refractivity contribution in [1.29, 1.82) is 0 Å². The van der Waals surface area contributed by atoms with E-state index >= 15 is 0 Å². The number of fused-ring (bicyclic) bond motifs is 3. The Balaban J connectivity index is 0.00000305. The number of thiophene rings is 1. The summed E-state index contributed by atoms with van der Waals surface area (Å²) in [6.45, 7) is 11.9. The Kier molecular flexibility index (Phi) is 16.4. The van der Waals surface area contributed by atoms with Crippen LogP contribution in [-0.2, 0) is 29.2 Å². The lowest BCUT2D eigenvalue weighted by Gasteiger charge is -2.21. The van der Waals surface area contributed by atoms with Crippen LogP contribution in [0.3, 0.4) is 0 Å². The number of nitrogen functional groups attached to an aromatic ring is 1. The molecule has 0 spiro atoms. The Hall–Kier alpha value is -4.81. The third-order valence-corrected chi connectivity index (χ3v) is 11.1. The lowest BCUT2D eigenvalue weighted by Crippen LogP contribution is -2.32. The molecule has 6 rings (SSSR count). The topological polar surface area (TPSA) is 148 Å². The summed E-state index contributed by atoms with van der Waals surface area (Å²) in [4.78, 5) is 22.8. The molecule has 6 aromatic rings. The highest BCUT2D eigenvalue weighted by atomic mass is 35.5. The summed E-state index contributed by atoms with van der Waals surface area (Å²) in [5, 5.41) is 16.5. The number of thioether (sulfide) groups is 1. The zero-order valence-electron chi connectivity index (χ0n) is 33.2. The van der Waals surface area contributed by atoms with Gasteiger partial charge in [-0.3, -0.25) is 9.80 Å². The number of carbonyl (C=O) groups excluding carboxylic acids is 1. The van der Waals surface area contributed by atoms with E-state index in [0.29, 0.717) is 60.4 Å². The van der Waals surface area contributed by atoms with Gasteiger partial charge in [-0.25, -0.2) is 15.8 Å². The first-order chi connectivity index (χ1) is 27.8. The molecule has 0 radical (unpaired) electrons. The van der Waals surface area contributed by atoms with E-state index in [2.05, 4.69) is 92.6 Å². The van der Waals surface area contributed by atoms with Gasteiger partial charge in [-0.15, -0.1) is 11.3 Å². The number of hydrogen-bond donors (Lipinski definition) is 5. The quantitative estimate of drug-likeness (QED) is 0.0152. The third kappa shape index (κ3) is 11.4.